The molecule has 1 saturated heterocycles. The number of phenols is 1. The van der Waals surface area contributed by atoms with Crippen molar-refractivity contribution >= 4 is 23.0 Å². The van der Waals surface area contributed by atoms with Gasteiger partial charge in [-0.15, -0.1) is 0 Å². The van der Waals surface area contributed by atoms with E-state index in [1.807, 2.05) is 12.1 Å². The van der Waals surface area contributed by atoms with Gasteiger partial charge in [-0.05, 0) is 206 Å². The third kappa shape index (κ3) is 11.1. The lowest BCUT2D eigenvalue weighted by molar-refractivity contribution is -0.126. The number of hydrogen-bond donors (Lipinski definition) is 5. The van der Waals surface area contributed by atoms with Crippen LogP contribution in [0.1, 0.15) is 110 Å². The van der Waals surface area contributed by atoms with Crippen molar-refractivity contribution in [3.8, 4) is 11.5 Å². The van der Waals surface area contributed by atoms with Gasteiger partial charge in [0.15, 0.2) is 17.3 Å². The van der Waals surface area contributed by atoms with Crippen LogP contribution in [-0.2, 0) is 41.7 Å². The molecule has 354 valence electrons. The van der Waals surface area contributed by atoms with E-state index in [9.17, 15) is 19.8 Å². The van der Waals surface area contributed by atoms with Gasteiger partial charge >= 0.3 is 0 Å². The molecule has 4 fully saturated rings. The van der Waals surface area contributed by atoms with E-state index in [4.69, 9.17) is 10.5 Å². The number of carbonyl (C=O) groups excluding carboxylic acids is 2. The van der Waals surface area contributed by atoms with Crippen molar-refractivity contribution in [1.82, 2.24) is 15.6 Å². The summed E-state index contributed by atoms with van der Waals surface area (Å²) in [5, 5.41) is 29.5. The summed E-state index contributed by atoms with van der Waals surface area (Å²) in [5.74, 6) is 4.08. The van der Waals surface area contributed by atoms with Gasteiger partial charge in [-0.1, -0.05) is 73.2 Å². The largest absolute Gasteiger partial charge is 0.504 e. The molecule has 9 nitrogen and oxygen atoms in total. The van der Waals surface area contributed by atoms with Crippen LogP contribution in [0.5, 0.6) is 11.5 Å². The molecule has 67 heavy (non-hydrogen) atoms. The lowest BCUT2D eigenvalue weighted by Gasteiger charge is -2.54. The number of aromatic hydroxyl groups is 1. The van der Waals surface area contributed by atoms with E-state index in [0.29, 0.717) is 53.2 Å². The van der Waals surface area contributed by atoms with E-state index in [2.05, 4.69) is 76.3 Å². The van der Waals surface area contributed by atoms with Crippen LogP contribution in [0, 0.1) is 40.9 Å². The molecule has 8 unspecified atom stereocenters. The van der Waals surface area contributed by atoms with Gasteiger partial charge in [-0.2, -0.15) is 0 Å². The number of nitrogens with one attached hydrogen (secondary N) is 2. The number of benzene rings is 3. The maximum Gasteiger partial charge on any atom is 0.163 e. The Morgan fingerprint density at radius 1 is 0.925 bits per heavy atom. The fourth-order valence-corrected chi connectivity index (χ4v) is 13.7. The molecular weight excluding hydrogens is 833 g/mol. The Morgan fingerprint density at radius 2 is 1.73 bits per heavy atom. The number of methoxy groups -OCH3 is 1. The third-order valence-corrected chi connectivity index (χ3v) is 16.8. The zero-order valence-corrected chi connectivity index (χ0v) is 39.6. The maximum atomic E-state index is 13.9. The number of aromatic nitrogens is 1. The first kappa shape index (κ1) is 47.0. The number of piperidine rings is 1. The molecule has 0 bridgehead atoms. The van der Waals surface area contributed by atoms with Crippen LogP contribution >= 0.6 is 0 Å². The molecular formula is C58H72N4O5. The average Bonchev–Trinajstić information content (AvgIpc) is 3.76. The zero-order valence-electron chi connectivity index (χ0n) is 39.6. The van der Waals surface area contributed by atoms with Gasteiger partial charge in [-0.3, -0.25) is 9.59 Å². The number of hydrogen-bond acceptors (Lipinski definition) is 9. The van der Waals surface area contributed by atoms with Gasteiger partial charge < -0.3 is 31.3 Å². The highest BCUT2D eigenvalue weighted by Gasteiger charge is 2.53. The molecule has 3 aromatic carbocycles. The maximum absolute atomic E-state index is 13.9. The van der Waals surface area contributed by atoms with E-state index in [0.717, 1.165) is 87.0 Å². The Hall–Kier alpha value is -5.09. The van der Waals surface area contributed by atoms with Crippen LogP contribution in [0.2, 0.25) is 0 Å². The van der Waals surface area contributed by atoms with Crippen LogP contribution < -0.4 is 21.1 Å². The monoisotopic (exact) mass is 905 g/mol. The average molecular weight is 905 g/mol. The minimum absolute atomic E-state index is 0.0202. The Bertz CT molecular complexity index is 2430. The first-order valence-corrected chi connectivity index (χ1v) is 25.4. The number of pyridine rings is 1. The molecule has 3 aliphatic carbocycles. The Balaban J connectivity index is 0.870. The summed E-state index contributed by atoms with van der Waals surface area (Å²) in [6.45, 7) is 2.80. The fraction of sp³-hybridized carbons (Fsp3) is 0.500. The summed E-state index contributed by atoms with van der Waals surface area (Å²) in [7, 11) is 1.48. The number of ether oxygens (including phenoxy) is 1. The molecule has 4 aromatic rings. The molecule has 0 radical (unpaired) electrons. The Kier molecular flexibility index (Phi) is 15.1. The van der Waals surface area contributed by atoms with Crippen LogP contribution in [-0.4, -0.2) is 66.2 Å². The first-order valence-electron chi connectivity index (χ1n) is 25.4. The molecule has 9 rings (SSSR count). The second-order valence-electron chi connectivity index (χ2n) is 20.9. The summed E-state index contributed by atoms with van der Waals surface area (Å²) in [6.07, 6.45) is 23.1. The molecule has 0 spiro atoms. The lowest BCUT2D eigenvalue weighted by atomic mass is 9.54. The minimum atomic E-state index is -0.424. The molecule has 9 heteroatoms. The molecule has 0 amide bonds. The standard InChI is InChI=1S/C58H72N4O5/c1-67-55-32-52(44(29-54(55)66)27-45-36-62-56(59)30-42(45)18-16-40-11-5-10-39(24-40)15-14-38-8-3-2-4-9-38)47(37-63)28-50(65)31-49(64)25-41-17-19-48-13-6-21-58(48,33-41)34-53-51-20-23-60-35-46(51)26-43-12-7-22-61-57(43)53/h2-5,7-12,24,28-30,32,36,41,43,46,48,51,53,57,60-61,63,66H,6,13-23,25-27,31,33-35,37H2,1H3,(H2,59,62). The van der Waals surface area contributed by atoms with Gasteiger partial charge in [0, 0.05) is 25.2 Å². The number of aryl methyl sites for hydroxylation is 4. The van der Waals surface area contributed by atoms with Gasteiger partial charge in [0.25, 0.3) is 0 Å². The number of phenolic OH excluding ortho intramolecular Hbond substituents is 1. The number of Topliss-reactive ketones (excluding diaryl/α,β-unsaturated/α-hetero) is 1. The molecule has 5 aliphatic rings. The Morgan fingerprint density at radius 3 is 2.55 bits per heavy atom. The topological polar surface area (TPSA) is 147 Å². The zero-order chi connectivity index (χ0) is 46.3. The number of anilines is 1. The summed E-state index contributed by atoms with van der Waals surface area (Å²) in [5.41, 5.74) is 14.0. The molecule has 6 N–H and O–H groups in total. The summed E-state index contributed by atoms with van der Waals surface area (Å²) < 4.78 is 5.52. The number of allylic oxidation sites excluding steroid dienone is 1. The normalized spacial score (nSPS) is 26.9. The molecule has 8 atom stereocenters. The van der Waals surface area contributed by atoms with Gasteiger partial charge in [0.2, 0.25) is 0 Å². The summed E-state index contributed by atoms with van der Waals surface area (Å²) in [6, 6.07) is 25.1. The van der Waals surface area contributed by atoms with Crippen molar-refractivity contribution in [1.29, 1.82) is 0 Å². The SMILES string of the molecule is COc1cc(C(=CC(=O)CC(=O)CC2CCC3CCCC3(CC3C4CCNCC4CC4C=CCNC43)C2)CO)c(Cc2cnc(N)cc2CCc2cccc(CCc3ccccc3)c2)cc1O. The predicted molar refractivity (Wildman–Crippen MR) is 267 cm³/mol. The molecule has 3 heterocycles. The highest BCUT2D eigenvalue weighted by Crippen LogP contribution is 2.60. The fourth-order valence-electron chi connectivity index (χ4n) is 13.7. The van der Waals surface area contributed by atoms with Crippen LogP contribution in [0.25, 0.3) is 5.57 Å². The number of ketones is 2. The van der Waals surface area contributed by atoms with Gasteiger partial charge in [0.05, 0.1) is 20.1 Å². The van der Waals surface area contributed by atoms with Crippen molar-refractivity contribution in [2.24, 2.45) is 40.9 Å². The van der Waals surface area contributed by atoms with Crippen molar-refractivity contribution in [2.75, 3.05) is 39.1 Å². The van der Waals surface area contributed by atoms with Crippen molar-refractivity contribution in [2.45, 2.75) is 109 Å². The summed E-state index contributed by atoms with van der Waals surface area (Å²) in [4.78, 5) is 32.1. The highest BCUT2D eigenvalue weighted by molar-refractivity contribution is 6.07. The number of aliphatic hydroxyl groups excluding tert-OH is 1. The number of carbonyl (C=O) groups is 2. The molecule has 3 saturated carbocycles. The van der Waals surface area contributed by atoms with E-state index in [1.54, 1.807) is 18.3 Å². The number of nitrogens with zero attached hydrogens (tertiary/aromatic N) is 1. The van der Waals surface area contributed by atoms with Crippen molar-refractivity contribution in [3.63, 3.8) is 0 Å². The van der Waals surface area contributed by atoms with E-state index in [1.165, 1.54) is 74.8 Å². The smallest absolute Gasteiger partial charge is 0.163 e. The summed E-state index contributed by atoms with van der Waals surface area (Å²) >= 11 is 0. The quantitative estimate of drug-likeness (QED) is 0.0375. The van der Waals surface area contributed by atoms with Crippen molar-refractivity contribution < 1.29 is 24.5 Å². The van der Waals surface area contributed by atoms with Crippen LogP contribution in [0.4, 0.5) is 5.82 Å². The van der Waals surface area contributed by atoms with Crippen LogP contribution in [0.3, 0.4) is 0 Å². The van der Waals surface area contributed by atoms with E-state index < -0.39 is 6.61 Å². The van der Waals surface area contributed by atoms with Crippen molar-refractivity contribution in [3.05, 3.63) is 136 Å². The highest BCUT2D eigenvalue weighted by atomic mass is 16.5. The van der Waals surface area contributed by atoms with E-state index >= 15 is 0 Å². The van der Waals surface area contributed by atoms with Gasteiger partial charge in [-0.25, -0.2) is 4.98 Å². The third-order valence-electron chi connectivity index (χ3n) is 16.8. The number of fused-ring (bicyclic) bond motifs is 3. The first-order chi connectivity index (χ1) is 32.7. The molecule has 2 aliphatic heterocycles. The predicted octanol–water partition coefficient (Wildman–Crippen LogP) is 9.20. The second-order valence-corrected chi connectivity index (χ2v) is 20.9. The van der Waals surface area contributed by atoms with E-state index in [-0.39, 0.29) is 40.8 Å². The van der Waals surface area contributed by atoms with Crippen LogP contribution in [0.15, 0.2) is 97.2 Å². The lowest BCUT2D eigenvalue weighted by Crippen LogP contribution is -2.57. The van der Waals surface area contributed by atoms with Gasteiger partial charge in [0.1, 0.15) is 11.6 Å². The number of nitrogen functional groups attached to an aromatic ring is 1. The second kappa shape index (κ2) is 21.5. The number of aliphatic hydroxyl groups is 1. The molecule has 1 aromatic heterocycles. The number of rotatable bonds is 18. The minimum Gasteiger partial charge on any atom is -0.504 e. The Labute approximate surface area is 398 Å². The number of nitrogens with two attached hydrogens (primary N) is 1.